The molecule has 0 aromatic carbocycles. The van der Waals surface area contributed by atoms with E-state index in [4.69, 9.17) is 4.74 Å². The Kier molecular flexibility index (Phi) is 6.18. The first-order valence-corrected chi connectivity index (χ1v) is 10.0. The van der Waals surface area contributed by atoms with Crippen molar-refractivity contribution in [2.75, 3.05) is 26.7 Å². The Bertz CT molecular complexity index is 814. The number of ether oxygens (including phenoxy) is 1. The van der Waals surface area contributed by atoms with Gasteiger partial charge >= 0.3 is 0 Å². The van der Waals surface area contributed by atoms with Crippen LogP contribution in [0.15, 0.2) is 30.7 Å². The third kappa shape index (κ3) is 4.79. The lowest BCUT2D eigenvalue weighted by Crippen LogP contribution is -2.32. The lowest BCUT2D eigenvalue weighted by molar-refractivity contribution is -0.128. The van der Waals surface area contributed by atoms with Crippen LogP contribution in [0.1, 0.15) is 43.7 Å². The summed E-state index contributed by atoms with van der Waals surface area (Å²) in [6, 6.07) is 3.85. The molecule has 152 valence electrons. The van der Waals surface area contributed by atoms with Crippen LogP contribution in [0.5, 0.6) is 5.88 Å². The quantitative estimate of drug-likeness (QED) is 0.699. The second-order valence-corrected chi connectivity index (χ2v) is 8.79. The van der Waals surface area contributed by atoms with Crippen molar-refractivity contribution in [3.63, 3.8) is 0 Å². The van der Waals surface area contributed by atoms with E-state index in [1.54, 1.807) is 6.20 Å². The number of pyridine rings is 1. The minimum atomic E-state index is -0.529. The van der Waals surface area contributed by atoms with E-state index < -0.39 is 5.41 Å². The van der Waals surface area contributed by atoms with Crippen LogP contribution in [0.25, 0.3) is 0 Å². The minimum absolute atomic E-state index is 0.251. The highest BCUT2D eigenvalue weighted by Gasteiger charge is 2.35. The number of carbonyl (C=O) groups excluding carboxylic acids is 1. The summed E-state index contributed by atoms with van der Waals surface area (Å²) in [7, 11) is 4.10. The predicted molar refractivity (Wildman–Crippen MR) is 109 cm³/mol. The normalized spacial score (nSPS) is 20.5. The van der Waals surface area contributed by atoms with Gasteiger partial charge in [-0.15, -0.1) is 0 Å². The highest BCUT2D eigenvalue weighted by molar-refractivity contribution is 5.84. The molecule has 2 atom stereocenters. The van der Waals surface area contributed by atoms with Crippen molar-refractivity contribution in [1.82, 2.24) is 19.7 Å². The van der Waals surface area contributed by atoms with Gasteiger partial charge in [-0.05, 0) is 51.8 Å². The van der Waals surface area contributed by atoms with Crippen LogP contribution < -0.4 is 4.74 Å². The number of ketones is 1. The topological polar surface area (TPSA) is 60.2 Å². The monoisotopic (exact) mass is 384 g/mol. The number of aromatic nitrogens is 3. The van der Waals surface area contributed by atoms with Crippen molar-refractivity contribution in [2.45, 2.75) is 39.5 Å². The van der Waals surface area contributed by atoms with Crippen molar-refractivity contribution in [3.8, 4) is 5.88 Å². The van der Waals surface area contributed by atoms with Crippen LogP contribution in [0, 0.1) is 18.3 Å². The first kappa shape index (κ1) is 20.5. The molecule has 3 heterocycles. The van der Waals surface area contributed by atoms with Gasteiger partial charge in [-0.25, -0.2) is 4.98 Å². The van der Waals surface area contributed by atoms with E-state index >= 15 is 0 Å². The van der Waals surface area contributed by atoms with Crippen molar-refractivity contribution < 1.29 is 9.53 Å². The van der Waals surface area contributed by atoms with E-state index in [-0.39, 0.29) is 5.78 Å². The summed E-state index contributed by atoms with van der Waals surface area (Å²) in [4.78, 5) is 19.5. The summed E-state index contributed by atoms with van der Waals surface area (Å²) in [6.45, 7) is 8.29. The van der Waals surface area contributed by atoms with E-state index in [2.05, 4.69) is 28.2 Å². The Morgan fingerprint density at radius 3 is 2.79 bits per heavy atom. The van der Waals surface area contributed by atoms with Crippen LogP contribution in [-0.2, 0) is 11.8 Å². The van der Waals surface area contributed by atoms with E-state index in [0.29, 0.717) is 30.7 Å². The Labute approximate surface area is 167 Å². The fourth-order valence-electron chi connectivity index (χ4n) is 4.00. The van der Waals surface area contributed by atoms with Gasteiger partial charge in [0.2, 0.25) is 5.88 Å². The van der Waals surface area contributed by atoms with Crippen molar-refractivity contribution in [2.24, 2.45) is 18.4 Å². The van der Waals surface area contributed by atoms with Gasteiger partial charge in [0, 0.05) is 50.4 Å². The average molecular weight is 385 g/mol. The molecule has 1 fully saturated rings. The van der Waals surface area contributed by atoms with E-state index in [1.807, 2.05) is 50.8 Å². The highest BCUT2D eigenvalue weighted by Crippen LogP contribution is 2.35. The van der Waals surface area contributed by atoms with Gasteiger partial charge in [0.25, 0.3) is 0 Å². The molecule has 6 nitrogen and oxygen atoms in total. The third-order valence-corrected chi connectivity index (χ3v) is 5.80. The number of hydrogen-bond acceptors (Lipinski definition) is 5. The first-order chi connectivity index (χ1) is 13.3. The molecule has 6 heteroatoms. The first-order valence-electron chi connectivity index (χ1n) is 10.0. The van der Waals surface area contributed by atoms with Crippen molar-refractivity contribution >= 4 is 5.78 Å². The number of Topliss-reactive ketones (excluding diaryl/α,β-unsaturated/α-hetero) is 1. The van der Waals surface area contributed by atoms with Crippen LogP contribution in [0.4, 0.5) is 0 Å². The largest absolute Gasteiger partial charge is 0.476 e. The molecular weight excluding hydrogens is 352 g/mol. The van der Waals surface area contributed by atoms with E-state index in [9.17, 15) is 4.79 Å². The Morgan fingerprint density at radius 1 is 1.32 bits per heavy atom. The highest BCUT2D eigenvalue weighted by atomic mass is 16.5. The maximum absolute atomic E-state index is 12.9. The predicted octanol–water partition coefficient (Wildman–Crippen LogP) is 3.22. The van der Waals surface area contributed by atoms with E-state index in [0.717, 1.165) is 25.1 Å². The fourth-order valence-corrected chi connectivity index (χ4v) is 4.00. The summed E-state index contributed by atoms with van der Waals surface area (Å²) >= 11 is 0. The Balaban J connectivity index is 1.56. The average Bonchev–Trinajstić information content (AvgIpc) is 3.24. The zero-order valence-electron chi connectivity index (χ0n) is 17.7. The minimum Gasteiger partial charge on any atom is -0.476 e. The van der Waals surface area contributed by atoms with Crippen LogP contribution in [0.3, 0.4) is 0 Å². The van der Waals surface area contributed by atoms with Crippen LogP contribution in [-0.4, -0.2) is 52.2 Å². The molecule has 28 heavy (non-hydrogen) atoms. The summed E-state index contributed by atoms with van der Waals surface area (Å²) in [5.41, 5.74) is 1.73. The fraction of sp³-hybridized carbons (Fsp3) is 0.591. The summed E-state index contributed by atoms with van der Waals surface area (Å²) < 4.78 is 7.71. The van der Waals surface area contributed by atoms with Gasteiger partial charge in [-0.1, -0.05) is 6.07 Å². The standard InChI is InChI=1S/C22H32N4O2/c1-16-7-6-10-23-21(16)28-15-22(2,3)20(27)9-8-17-12-25(4)14-19(17)18-11-24-26(5)13-18/h6-7,10-11,13,17,19H,8-9,12,14-15H2,1-5H3/t17-,19-/m1/s1. The molecule has 0 aliphatic carbocycles. The molecule has 1 aliphatic heterocycles. The lowest BCUT2D eigenvalue weighted by atomic mass is 9.82. The van der Waals surface area contributed by atoms with Gasteiger partial charge in [0.05, 0.1) is 11.6 Å². The molecule has 0 radical (unpaired) electrons. The second kappa shape index (κ2) is 8.43. The Morgan fingerprint density at radius 2 is 2.11 bits per heavy atom. The lowest BCUT2D eigenvalue weighted by Gasteiger charge is -2.25. The molecular formula is C22H32N4O2. The number of aryl methyl sites for hydroxylation is 2. The third-order valence-electron chi connectivity index (χ3n) is 5.80. The van der Waals surface area contributed by atoms with Crippen LogP contribution >= 0.6 is 0 Å². The second-order valence-electron chi connectivity index (χ2n) is 8.79. The van der Waals surface area contributed by atoms with Gasteiger partial charge in [-0.3, -0.25) is 9.48 Å². The molecule has 1 aliphatic rings. The maximum atomic E-state index is 12.9. The van der Waals surface area contributed by atoms with Crippen LogP contribution in [0.2, 0.25) is 0 Å². The number of likely N-dealkylation sites (tertiary alicyclic amines) is 1. The number of carbonyl (C=O) groups is 1. The van der Waals surface area contributed by atoms with Gasteiger partial charge in [0.15, 0.2) is 0 Å². The number of rotatable bonds is 8. The Hall–Kier alpha value is -2.21. The van der Waals surface area contributed by atoms with Gasteiger partial charge in [-0.2, -0.15) is 5.10 Å². The maximum Gasteiger partial charge on any atom is 0.216 e. The molecule has 2 aromatic heterocycles. The SMILES string of the molecule is Cc1cccnc1OCC(C)(C)C(=O)CC[C@@H]1CN(C)C[C@H]1c1cnn(C)c1. The van der Waals surface area contributed by atoms with E-state index in [1.165, 1.54) is 5.56 Å². The van der Waals surface area contributed by atoms with Crippen molar-refractivity contribution in [3.05, 3.63) is 41.9 Å². The molecule has 0 amide bonds. The summed E-state index contributed by atoms with van der Waals surface area (Å²) in [5.74, 6) is 1.79. The number of nitrogens with zero attached hydrogens (tertiary/aromatic N) is 4. The molecule has 0 spiro atoms. The van der Waals surface area contributed by atoms with Gasteiger partial charge in [0.1, 0.15) is 12.4 Å². The van der Waals surface area contributed by atoms with Crippen molar-refractivity contribution in [1.29, 1.82) is 0 Å². The molecule has 0 unspecified atom stereocenters. The zero-order valence-corrected chi connectivity index (χ0v) is 17.7. The summed E-state index contributed by atoms with van der Waals surface area (Å²) in [5, 5.41) is 4.32. The van der Waals surface area contributed by atoms with Gasteiger partial charge < -0.3 is 9.64 Å². The summed E-state index contributed by atoms with van der Waals surface area (Å²) in [6.07, 6.45) is 7.26. The molecule has 1 saturated heterocycles. The molecule has 0 N–H and O–H groups in total. The number of likely N-dealkylation sites (N-methyl/N-ethyl adjacent to an activating group) is 1. The molecule has 3 rings (SSSR count). The molecule has 2 aromatic rings. The molecule has 0 saturated carbocycles. The molecule has 0 bridgehead atoms. The number of hydrogen-bond donors (Lipinski definition) is 0. The zero-order chi connectivity index (χ0) is 20.3. The smallest absolute Gasteiger partial charge is 0.216 e.